The third kappa shape index (κ3) is 14.9. The van der Waals surface area contributed by atoms with Gasteiger partial charge in [-0.25, -0.2) is 4.79 Å². The van der Waals surface area contributed by atoms with Crippen LogP contribution in [0.1, 0.15) is 13.3 Å². The van der Waals surface area contributed by atoms with Crippen molar-refractivity contribution in [3.63, 3.8) is 0 Å². The van der Waals surface area contributed by atoms with Crippen LogP contribution in [0.3, 0.4) is 0 Å². The first kappa shape index (κ1) is 17.9. The monoisotopic (exact) mass is 309 g/mol. The second kappa shape index (κ2) is 12.0. The van der Waals surface area contributed by atoms with Crippen molar-refractivity contribution in [3.8, 4) is 0 Å². The molecule has 0 aromatic heterocycles. The molecule has 9 heteroatoms. The number of nitrogens with one attached hydrogen (secondary N) is 3. The zero-order chi connectivity index (χ0) is 14.5. The van der Waals surface area contributed by atoms with Crippen molar-refractivity contribution in [2.24, 2.45) is 0 Å². The maximum Gasteiger partial charge on any atom is 0.314 e. The Morgan fingerprint density at radius 3 is 2.00 bits per heavy atom. The van der Waals surface area contributed by atoms with Gasteiger partial charge in [0.2, 0.25) is 5.91 Å². The van der Waals surface area contributed by atoms with Crippen molar-refractivity contribution >= 4 is 39.5 Å². The van der Waals surface area contributed by atoms with Crippen LogP contribution in [-0.4, -0.2) is 54.2 Å². The van der Waals surface area contributed by atoms with E-state index < -0.39 is 5.97 Å². The van der Waals surface area contributed by atoms with E-state index in [0.29, 0.717) is 13.1 Å². The number of carbonyl (C=O) groups excluding carboxylic acids is 2. The third-order valence-corrected chi connectivity index (χ3v) is 4.15. The van der Waals surface area contributed by atoms with Gasteiger partial charge in [-0.15, -0.1) is 0 Å². The van der Waals surface area contributed by atoms with Gasteiger partial charge in [-0.2, -0.15) is 0 Å². The lowest BCUT2D eigenvalue weighted by atomic mass is 10.4. The van der Waals surface area contributed by atoms with E-state index in [1.54, 1.807) is 21.6 Å². The first-order valence-corrected chi connectivity index (χ1v) is 8.23. The molecule has 0 aromatic rings. The molecule has 0 saturated heterocycles. The van der Waals surface area contributed by atoms with Gasteiger partial charge in [0.1, 0.15) is 0 Å². The zero-order valence-corrected chi connectivity index (χ0v) is 12.4. The van der Waals surface area contributed by atoms with Gasteiger partial charge in [-0.1, -0.05) is 21.6 Å². The maximum absolute atomic E-state index is 11.2. The Balaban J connectivity index is 3.23. The standard InChI is InChI=1S/C10H19N3O4S2/c1-8(14)11-4-6-18-19-7-5-13-10(17)12-3-2-9(15)16/h2-7H2,1H3,(H,11,14)(H,15,16)(H2,12,13,17). The summed E-state index contributed by atoms with van der Waals surface area (Å²) in [5.41, 5.74) is 0. The lowest BCUT2D eigenvalue weighted by molar-refractivity contribution is -0.136. The highest BCUT2D eigenvalue weighted by atomic mass is 33.1. The van der Waals surface area contributed by atoms with Crippen molar-refractivity contribution in [2.75, 3.05) is 31.1 Å². The summed E-state index contributed by atoms with van der Waals surface area (Å²) in [7, 11) is 3.23. The van der Waals surface area contributed by atoms with Crippen molar-refractivity contribution in [1.29, 1.82) is 0 Å². The summed E-state index contributed by atoms with van der Waals surface area (Å²) in [6.07, 6.45) is -0.0822. The van der Waals surface area contributed by atoms with Crippen LogP contribution < -0.4 is 16.0 Å². The largest absolute Gasteiger partial charge is 0.481 e. The molecule has 0 rings (SSSR count). The fourth-order valence-electron chi connectivity index (χ4n) is 0.938. The molecule has 3 amide bonds. The van der Waals surface area contributed by atoms with Crippen molar-refractivity contribution < 1.29 is 19.5 Å². The van der Waals surface area contributed by atoms with Gasteiger partial charge in [0.05, 0.1) is 6.42 Å². The average Bonchev–Trinajstić information content (AvgIpc) is 2.31. The van der Waals surface area contributed by atoms with Crippen molar-refractivity contribution in [3.05, 3.63) is 0 Å². The van der Waals surface area contributed by atoms with E-state index in [1.807, 2.05) is 0 Å². The Bertz CT molecular complexity index is 302. The van der Waals surface area contributed by atoms with Gasteiger partial charge in [-0.3, -0.25) is 9.59 Å². The minimum Gasteiger partial charge on any atom is -0.481 e. The van der Waals surface area contributed by atoms with Crippen LogP contribution in [0.15, 0.2) is 0 Å². The van der Waals surface area contributed by atoms with E-state index in [9.17, 15) is 14.4 Å². The number of hydrogen-bond donors (Lipinski definition) is 4. The quantitative estimate of drug-likeness (QED) is 0.341. The number of carboxylic acid groups (broad SMARTS) is 1. The Morgan fingerprint density at radius 2 is 1.47 bits per heavy atom. The Hall–Kier alpha value is -1.09. The number of carboxylic acids is 1. The van der Waals surface area contributed by atoms with E-state index >= 15 is 0 Å². The van der Waals surface area contributed by atoms with Gasteiger partial charge in [0, 0.05) is 38.1 Å². The predicted octanol–water partition coefficient (Wildman–Crippen LogP) is 0.278. The maximum atomic E-state index is 11.2. The second-order valence-electron chi connectivity index (χ2n) is 3.45. The van der Waals surface area contributed by atoms with E-state index in [4.69, 9.17) is 5.11 Å². The lowest BCUT2D eigenvalue weighted by Gasteiger charge is -2.06. The zero-order valence-electron chi connectivity index (χ0n) is 10.7. The highest BCUT2D eigenvalue weighted by Gasteiger charge is 2.01. The van der Waals surface area contributed by atoms with Crippen LogP contribution in [0.4, 0.5) is 4.79 Å². The highest BCUT2D eigenvalue weighted by Crippen LogP contribution is 2.19. The molecule has 0 aromatic carbocycles. The molecule has 0 bridgehead atoms. The first-order valence-electron chi connectivity index (χ1n) is 5.74. The number of urea groups is 1. The summed E-state index contributed by atoms with van der Waals surface area (Å²) >= 11 is 0. The van der Waals surface area contributed by atoms with Gasteiger partial charge < -0.3 is 21.1 Å². The lowest BCUT2D eigenvalue weighted by Crippen LogP contribution is -2.37. The molecule has 0 heterocycles. The summed E-state index contributed by atoms with van der Waals surface area (Å²) in [6, 6.07) is -0.356. The van der Waals surface area contributed by atoms with E-state index in [1.165, 1.54) is 6.92 Å². The minimum atomic E-state index is -0.938. The number of rotatable bonds is 10. The van der Waals surface area contributed by atoms with E-state index in [0.717, 1.165) is 11.5 Å². The SMILES string of the molecule is CC(=O)NCCSSCCNC(=O)NCCC(=O)O. The molecule has 7 nitrogen and oxygen atoms in total. The molecule has 0 spiro atoms. The highest BCUT2D eigenvalue weighted by molar-refractivity contribution is 8.76. The molecule has 0 fully saturated rings. The van der Waals surface area contributed by atoms with Crippen LogP contribution in [-0.2, 0) is 9.59 Å². The summed E-state index contributed by atoms with van der Waals surface area (Å²) in [4.78, 5) is 31.9. The second-order valence-corrected chi connectivity index (χ2v) is 6.16. The number of hydrogen-bond acceptors (Lipinski definition) is 5. The molecular formula is C10H19N3O4S2. The molecule has 0 radical (unpaired) electrons. The van der Waals surface area contributed by atoms with Gasteiger partial charge >= 0.3 is 12.0 Å². The fourth-order valence-corrected chi connectivity index (χ4v) is 2.75. The number of amides is 3. The predicted molar refractivity (Wildman–Crippen MR) is 77.3 cm³/mol. The van der Waals surface area contributed by atoms with Gasteiger partial charge in [-0.05, 0) is 0 Å². The Morgan fingerprint density at radius 1 is 0.947 bits per heavy atom. The molecule has 0 aliphatic heterocycles. The smallest absolute Gasteiger partial charge is 0.314 e. The average molecular weight is 309 g/mol. The van der Waals surface area contributed by atoms with E-state index in [-0.39, 0.29) is 24.9 Å². The summed E-state index contributed by atoms with van der Waals surface area (Å²) in [6.45, 7) is 2.75. The Kier molecular flexibility index (Phi) is 11.3. The number of aliphatic carboxylic acids is 1. The normalized spacial score (nSPS) is 9.74. The molecule has 19 heavy (non-hydrogen) atoms. The summed E-state index contributed by atoms with van der Waals surface area (Å²) in [5, 5.41) is 16.1. The fraction of sp³-hybridized carbons (Fsp3) is 0.700. The molecular weight excluding hydrogens is 290 g/mol. The molecule has 0 saturated carbocycles. The molecule has 0 aliphatic carbocycles. The third-order valence-electron chi connectivity index (χ3n) is 1.74. The molecule has 110 valence electrons. The Labute approximate surface area is 120 Å². The summed E-state index contributed by atoms with van der Waals surface area (Å²) < 4.78 is 0. The van der Waals surface area contributed by atoms with Crippen LogP contribution in [0.25, 0.3) is 0 Å². The molecule has 4 N–H and O–H groups in total. The molecule has 0 unspecified atom stereocenters. The molecule has 0 atom stereocenters. The van der Waals surface area contributed by atoms with Crippen LogP contribution in [0.2, 0.25) is 0 Å². The van der Waals surface area contributed by atoms with Gasteiger partial charge in [0.15, 0.2) is 0 Å². The molecule has 0 aliphatic rings. The van der Waals surface area contributed by atoms with Crippen molar-refractivity contribution in [2.45, 2.75) is 13.3 Å². The van der Waals surface area contributed by atoms with Crippen LogP contribution in [0, 0.1) is 0 Å². The van der Waals surface area contributed by atoms with Crippen LogP contribution in [0.5, 0.6) is 0 Å². The summed E-state index contributed by atoms with van der Waals surface area (Å²) in [5.74, 6) is 0.586. The van der Waals surface area contributed by atoms with Crippen LogP contribution >= 0.6 is 21.6 Å². The minimum absolute atomic E-state index is 0.0368. The van der Waals surface area contributed by atoms with Crippen molar-refractivity contribution in [1.82, 2.24) is 16.0 Å². The first-order chi connectivity index (χ1) is 9.02. The van der Waals surface area contributed by atoms with E-state index in [2.05, 4.69) is 16.0 Å². The topological polar surface area (TPSA) is 108 Å². The number of carbonyl (C=O) groups is 3. The van der Waals surface area contributed by atoms with Gasteiger partial charge in [0.25, 0.3) is 0 Å².